The molecule has 0 radical (unpaired) electrons. The minimum atomic E-state index is -0.301. The van der Waals surface area contributed by atoms with Crippen molar-refractivity contribution >= 4 is 23.3 Å². The van der Waals surface area contributed by atoms with Gasteiger partial charge in [-0.25, -0.2) is 4.79 Å². The predicted molar refractivity (Wildman–Crippen MR) is 116 cm³/mol. The zero-order chi connectivity index (χ0) is 21.0. The van der Waals surface area contributed by atoms with Gasteiger partial charge in [0, 0.05) is 40.4 Å². The Morgan fingerprint density at radius 3 is 2.48 bits per heavy atom. The molecule has 0 saturated carbocycles. The summed E-state index contributed by atoms with van der Waals surface area (Å²) in [5, 5.41) is 6.39. The summed E-state index contributed by atoms with van der Waals surface area (Å²) in [5.74, 6) is 1.15. The van der Waals surface area contributed by atoms with Crippen LogP contribution >= 0.6 is 11.6 Å². The molecule has 1 aromatic heterocycles. The van der Waals surface area contributed by atoms with E-state index in [2.05, 4.69) is 21.3 Å². The summed E-state index contributed by atoms with van der Waals surface area (Å²) in [7, 11) is 3.12. The first kappa shape index (κ1) is 20.6. The van der Waals surface area contributed by atoms with Gasteiger partial charge in [-0.1, -0.05) is 17.7 Å². The predicted octanol–water partition coefficient (Wildman–Crippen LogP) is 5.09. The fourth-order valence-electron chi connectivity index (χ4n) is 3.29. The molecule has 2 amide bonds. The summed E-state index contributed by atoms with van der Waals surface area (Å²) >= 11 is 6.13. The van der Waals surface area contributed by atoms with Gasteiger partial charge in [0.1, 0.15) is 0 Å². The number of aromatic nitrogens is 1. The molecule has 0 spiro atoms. The SMILES string of the molecule is COc1ccc(NC(=O)NCc2cc(C)n(-c3cccc(Cl)c3)c2C)cc1OC. The molecule has 2 aromatic carbocycles. The third-order valence-electron chi connectivity index (χ3n) is 4.68. The Bertz CT molecular complexity index is 1030. The van der Waals surface area contributed by atoms with Gasteiger partial charge in [0.25, 0.3) is 0 Å². The smallest absolute Gasteiger partial charge is 0.319 e. The highest BCUT2D eigenvalue weighted by Gasteiger charge is 2.12. The van der Waals surface area contributed by atoms with Gasteiger partial charge in [-0.3, -0.25) is 0 Å². The van der Waals surface area contributed by atoms with Crippen LogP contribution in [0.3, 0.4) is 0 Å². The van der Waals surface area contributed by atoms with Gasteiger partial charge in [-0.05, 0) is 55.8 Å². The number of aryl methyl sites for hydroxylation is 1. The van der Waals surface area contributed by atoms with Crippen molar-refractivity contribution in [3.8, 4) is 17.2 Å². The van der Waals surface area contributed by atoms with Crippen molar-refractivity contribution in [3.05, 3.63) is 70.5 Å². The van der Waals surface area contributed by atoms with Crippen molar-refractivity contribution in [3.63, 3.8) is 0 Å². The average molecular weight is 414 g/mol. The number of amides is 2. The quantitative estimate of drug-likeness (QED) is 0.591. The second-order valence-corrected chi connectivity index (χ2v) is 7.03. The lowest BCUT2D eigenvalue weighted by atomic mass is 10.2. The molecule has 0 aliphatic heterocycles. The highest BCUT2D eigenvalue weighted by Crippen LogP contribution is 2.29. The number of anilines is 1. The number of ether oxygens (including phenoxy) is 2. The van der Waals surface area contributed by atoms with Crippen molar-refractivity contribution in [2.45, 2.75) is 20.4 Å². The van der Waals surface area contributed by atoms with Crippen LogP contribution in [0.15, 0.2) is 48.5 Å². The molecule has 0 atom stereocenters. The number of carbonyl (C=O) groups excluding carboxylic acids is 1. The van der Waals surface area contributed by atoms with E-state index in [4.69, 9.17) is 21.1 Å². The molecule has 152 valence electrons. The van der Waals surface area contributed by atoms with Crippen LogP contribution in [0.5, 0.6) is 11.5 Å². The molecule has 6 nitrogen and oxygen atoms in total. The van der Waals surface area contributed by atoms with Crippen LogP contribution in [0.2, 0.25) is 5.02 Å². The summed E-state index contributed by atoms with van der Waals surface area (Å²) in [6, 6.07) is 14.7. The molecular formula is C22H24ClN3O3. The Kier molecular flexibility index (Phi) is 6.34. The second kappa shape index (κ2) is 8.92. The molecule has 0 unspecified atom stereocenters. The van der Waals surface area contributed by atoms with Crippen molar-refractivity contribution < 1.29 is 14.3 Å². The molecule has 7 heteroatoms. The van der Waals surface area contributed by atoms with E-state index in [1.165, 1.54) is 0 Å². The monoisotopic (exact) mass is 413 g/mol. The number of nitrogens with one attached hydrogen (secondary N) is 2. The van der Waals surface area contributed by atoms with Gasteiger partial charge < -0.3 is 24.7 Å². The fraction of sp³-hybridized carbons (Fsp3) is 0.227. The van der Waals surface area contributed by atoms with Crippen LogP contribution < -0.4 is 20.1 Å². The molecule has 0 fully saturated rings. The number of carbonyl (C=O) groups is 1. The molecule has 3 rings (SSSR count). The summed E-state index contributed by atoms with van der Waals surface area (Å²) < 4.78 is 12.6. The Morgan fingerprint density at radius 2 is 1.79 bits per heavy atom. The largest absolute Gasteiger partial charge is 0.493 e. The van der Waals surface area contributed by atoms with E-state index >= 15 is 0 Å². The van der Waals surface area contributed by atoms with Crippen molar-refractivity contribution in [2.24, 2.45) is 0 Å². The first-order valence-electron chi connectivity index (χ1n) is 9.13. The normalized spacial score (nSPS) is 10.5. The Labute approximate surface area is 175 Å². The Balaban J connectivity index is 1.69. The topological polar surface area (TPSA) is 64.5 Å². The third-order valence-corrected chi connectivity index (χ3v) is 4.92. The summed E-state index contributed by atoms with van der Waals surface area (Å²) in [6.07, 6.45) is 0. The van der Waals surface area contributed by atoms with E-state index in [0.29, 0.717) is 28.8 Å². The molecule has 1 heterocycles. The van der Waals surface area contributed by atoms with E-state index in [1.807, 2.05) is 38.1 Å². The molecule has 2 N–H and O–H groups in total. The number of halogens is 1. The lowest BCUT2D eigenvalue weighted by Gasteiger charge is -2.12. The first-order chi connectivity index (χ1) is 13.9. The van der Waals surface area contributed by atoms with Crippen LogP contribution in [0.25, 0.3) is 5.69 Å². The summed E-state index contributed by atoms with van der Waals surface area (Å²) in [4.78, 5) is 12.3. The van der Waals surface area contributed by atoms with E-state index in [9.17, 15) is 4.79 Å². The van der Waals surface area contributed by atoms with E-state index < -0.39 is 0 Å². The average Bonchev–Trinajstić information content (AvgIpc) is 2.99. The number of nitrogens with zero attached hydrogens (tertiary/aromatic N) is 1. The van der Waals surface area contributed by atoms with Crippen LogP contribution in [0, 0.1) is 13.8 Å². The maximum Gasteiger partial charge on any atom is 0.319 e. The third kappa shape index (κ3) is 4.66. The molecule has 0 bridgehead atoms. The molecule has 29 heavy (non-hydrogen) atoms. The lowest BCUT2D eigenvalue weighted by Crippen LogP contribution is -2.28. The number of benzene rings is 2. The molecular weight excluding hydrogens is 390 g/mol. The van der Waals surface area contributed by atoms with Gasteiger partial charge in [0.15, 0.2) is 11.5 Å². The van der Waals surface area contributed by atoms with E-state index in [1.54, 1.807) is 32.4 Å². The summed E-state index contributed by atoms with van der Waals surface area (Å²) in [6.45, 7) is 4.46. The van der Waals surface area contributed by atoms with Gasteiger partial charge in [0.05, 0.1) is 14.2 Å². The minimum absolute atomic E-state index is 0.301. The highest BCUT2D eigenvalue weighted by molar-refractivity contribution is 6.30. The van der Waals surface area contributed by atoms with Crippen LogP contribution in [-0.2, 0) is 6.54 Å². The fourth-order valence-corrected chi connectivity index (χ4v) is 3.47. The number of rotatable bonds is 6. The maximum atomic E-state index is 12.3. The first-order valence-corrected chi connectivity index (χ1v) is 9.51. The highest BCUT2D eigenvalue weighted by atomic mass is 35.5. The number of hydrogen-bond acceptors (Lipinski definition) is 3. The van der Waals surface area contributed by atoms with Gasteiger partial charge in [-0.2, -0.15) is 0 Å². The van der Waals surface area contributed by atoms with Gasteiger partial charge in [-0.15, -0.1) is 0 Å². The molecule has 0 aliphatic rings. The van der Waals surface area contributed by atoms with E-state index in [0.717, 1.165) is 22.6 Å². The number of urea groups is 1. The zero-order valence-electron chi connectivity index (χ0n) is 16.9. The maximum absolute atomic E-state index is 12.3. The molecule has 3 aromatic rings. The number of hydrogen-bond donors (Lipinski definition) is 2. The Hall–Kier alpha value is -3.12. The van der Waals surface area contributed by atoms with Crippen molar-refractivity contribution in [2.75, 3.05) is 19.5 Å². The van der Waals surface area contributed by atoms with Gasteiger partial charge in [0.2, 0.25) is 0 Å². The lowest BCUT2D eigenvalue weighted by molar-refractivity contribution is 0.251. The molecule has 0 saturated heterocycles. The second-order valence-electron chi connectivity index (χ2n) is 6.59. The van der Waals surface area contributed by atoms with E-state index in [-0.39, 0.29) is 6.03 Å². The minimum Gasteiger partial charge on any atom is -0.493 e. The van der Waals surface area contributed by atoms with Crippen LogP contribution in [0.1, 0.15) is 17.0 Å². The standard InChI is InChI=1S/C22H24ClN3O3/c1-14-10-16(15(2)26(14)19-7-5-6-17(23)11-19)13-24-22(27)25-18-8-9-20(28-3)21(12-18)29-4/h5-12H,13H2,1-4H3,(H2,24,25,27). The zero-order valence-corrected chi connectivity index (χ0v) is 17.6. The van der Waals surface area contributed by atoms with Gasteiger partial charge >= 0.3 is 6.03 Å². The Morgan fingerprint density at radius 1 is 1.03 bits per heavy atom. The summed E-state index contributed by atoms with van der Waals surface area (Å²) in [5.41, 5.74) is 4.76. The van der Waals surface area contributed by atoms with Crippen LogP contribution in [-0.4, -0.2) is 24.8 Å². The van der Waals surface area contributed by atoms with Crippen molar-refractivity contribution in [1.82, 2.24) is 9.88 Å². The molecule has 0 aliphatic carbocycles. The van der Waals surface area contributed by atoms with Crippen molar-refractivity contribution in [1.29, 1.82) is 0 Å². The number of methoxy groups -OCH3 is 2. The van der Waals surface area contributed by atoms with Crippen LogP contribution in [0.4, 0.5) is 10.5 Å².